The summed E-state index contributed by atoms with van der Waals surface area (Å²) in [4.78, 5) is 42.7. The Kier molecular flexibility index (Phi) is 6.16. The Morgan fingerprint density at radius 2 is 1.80 bits per heavy atom. The summed E-state index contributed by atoms with van der Waals surface area (Å²) in [5, 5.41) is 2.55. The number of amides is 1. The number of hydrogen-bond donors (Lipinski definition) is 1. The van der Waals surface area contributed by atoms with Gasteiger partial charge in [-0.05, 0) is 38.1 Å². The number of esters is 2. The summed E-state index contributed by atoms with van der Waals surface area (Å²) in [5.41, 5.74) is 0.853. The normalized spacial score (nSPS) is 10.2. The van der Waals surface area contributed by atoms with E-state index in [0.717, 1.165) is 0 Å². The number of nitrogens with zero attached hydrogens (tertiary/aromatic N) is 2. The van der Waals surface area contributed by atoms with Gasteiger partial charge in [0.15, 0.2) is 12.3 Å². The molecule has 1 aromatic heterocycles. The molecular formula is C17H17N3O5. The van der Waals surface area contributed by atoms with Gasteiger partial charge >= 0.3 is 11.9 Å². The minimum absolute atomic E-state index is 0.0170. The van der Waals surface area contributed by atoms with Gasteiger partial charge in [0.25, 0.3) is 5.91 Å². The monoisotopic (exact) mass is 343 g/mol. The Morgan fingerprint density at radius 1 is 1.08 bits per heavy atom. The Bertz CT molecular complexity index is 745. The van der Waals surface area contributed by atoms with E-state index in [1.165, 1.54) is 30.7 Å². The van der Waals surface area contributed by atoms with Crippen molar-refractivity contribution < 1.29 is 23.9 Å². The SMILES string of the molecule is CC(C)OC(=O)c1ccc(NC(=O)COC(=O)c2cnccn2)cc1. The van der Waals surface area contributed by atoms with Crippen LogP contribution in [0.2, 0.25) is 0 Å². The van der Waals surface area contributed by atoms with Crippen LogP contribution < -0.4 is 5.32 Å². The van der Waals surface area contributed by atoms with Crippen molar-refractivity contribution in [3.05, 3.63) is 54.1 Å². The van der Waals surface area contributed by atoms with Crippen molar-refractivity contribution in [1.82, 2.24) is 9.97 Å². The molecule has 1 amide bonds. The standard InChI is InChI=1S/C17H17N3O5/c1-11(2)25-16(22)12-3-5-13(6-4-12)20-15(21)10-24-17(23)14-9-18-7-8-19-14/h3-9,11H,10H2,1-2H3,(H,20,21). The summed E-state index contributed by atoms with van der Waals surface area (Å²) in [6, 6.07) is 6.18. The number of nitrogens with one attached hydrogen (secondary N) is 1. The molecule has 8 nitrogen and oxygen atoms in total. The molecule has 0 saturated heterocycles. The summed E-state index contributed by atoms with van der Waals surface area (Å²) < 4.78 is 9.91. The third-order valence-electron chi connectivity index (χ3n) is 2.85. The van der Waals surface area contributed by atoms with Crippen molar-refractivity contribution in [2.24, 2.45) is 0 Å². The largest absolute Gasteiger partial charge is 0.459 e. The molecule has 1 aromatic carbocycles. The molecule has 8 heteroatoms. The number of rotatable bonds is 6. The highest BCUT2D eigenvalue weighted by molar-refractivity contribution is 5.95. The predicted molar refractivity (Wildman–Crippen MR) is 87.9 cm³/mol. The molecule has 25 heavy (non-hydrogen) atoms. The Hall–Kier alpha value is -3.29. The maximum absolute atomic E-state index is 11.8. The number of anilines is 1. The van der Waals surface area contributed by atoms with Gasteiger partial charge in [-0.2, -0.15) is 0 Å². The highest BCUT2D eigenvalue weighted by Crippen LogP contribution is 2.11. The maximum atomic E-state index is 11.8. The van der Waals surface area contributed by atoms with E-state index in [-0.39, 0.29) is 11.8 Å². The van der Waals surface area contributed by atoms with Gasteiger partial charge in [-0.25, -0.2) is 14.6 Å². The second kappa shape index (κ2) is 8.53. The lowest BCUT2D eigenvalue weighted by molar-refractivity contribution is -0.119. The average molecular weight is 343 g/mol. The van der Waals surface area contributed by atoms with Gasteiger partial charge in [-0.3, -0.25) is 9.78 Å². The van der Waals surface area contributed by atoms with Crippen LogP contribution in [0.1, 0.15) is 34.7 Å². The summed E-state index contributed by atoms with van der Waals surface area (Å²) >= 11 is 0. The molecule has 0 aliphatic rings. The Balaban J connectivity index is 1.84. The number of carbonyl (C=O) groups is 3. The zero-order valence-electron chi connectivity index (χ0n) is 13.8. The topological polar surface area (TPSA) is 107 Å². The van der Waals surface area contributed by atoms with E-state index in [2.05, 4.69) is 15.3 Å². The van der Waals surface area contributed by atoms with Crippen molar-refractivity contribution in [2.75, 3.05) is 11.9 Å². The van der Waals surface area contributed by atoms with Crippen molar-refractivity contribution in [2.45, 2.75) is 20.0 Å². The molecule has 0 atom stereocenters. The van der Waals surface area contributed by atoms with Crippen molar-refractivity contribution >= 4 is 23.5 Å². The minimum atomic E-state index is -0.741. The van der Waals surface area contributed by atoms with Crippen LogP contribution in [-0.2, 0) is 14.3 Å². The van der Waals surface area contributed by atoms with Crippen molar-refractivity contribution in [3.63, 3.8) is 0 Å². The van der Waals surface area contributed by atoms with E-state index in [4.69, 9.17) is 9.47 Å². The van der Waals surface area contributed by atoms with Gasteiger partial charge in [-0.1, -0.05) is 0 Å². The van der Waals surface area contributed by atoms with Gasteiger partial charge < -0.3 is 14.8 Å². The first kappa shape index (κ1) is 18.1. The Labute approximate surface area is 144 Å². The summed E-state index contributed by atoms with van der Waals surface area (Å²) in [6.45, 7) is 3.05. The van der Waals surface area contributed by atoms with Crippen LogP contribution in [0.5, 0.6) is 0 Å². The summed E-state index contributed by atoms with van der Waals surface area (Å²) in [6.07, 6.45) is 3.80. The third kappa shape index (κ3) is 5.69. The molecular weight excluding hydrogens is 326 g/mol. The van der Waals surface area contributed by atoms with Crippen LogP contribution in [0.3, 0.4) is 0 Å². The number of benzene rings is 1. The molecule has 130 valence electrons. The number of carbonyl (C=O) groups excluding carboxylic acids is 3. The fourth-order valence-corrected chi connectivity index (χ4v) is 1.78. The van der Waals surface area contributed by atoms with E-state index in [0.29, 0.717) is 11.3 Å². The van der Waals surface area contributed by atoms with Gasteiger partial charge in [-0.15, -0.1) is 0 Å². The number of hydrogen-bond acceptors (Lipinski definition) is 7. The van der Waals surface area contributed by atoms with Crippen LogP contribution in [0, 0.1) is 0 Å². The molecule has 0 spiro atoms. The van der Waals surface area contributed by atoms with E-state index in [1.54, 1.807) is 26.0 Å². The lowest BCUT2D eigenvalue weighted by Gasteiger charge is -2.09. The summed E-state index contributed by atoms with van der Waals surface area (Å²) in [5.74, 6) is -1.70. The van der Waals surface area contributed by atoms with Crippen LogP contribution >= 0.6 is 0 Å². The first-order valence-corrected chi connectivity index (χ1v) is 7.49. The molecule has 0 bridgehead atoms. The molecule has 0 aliphatic heterocycles. The van der Waals surface area contributed by atoms with Gasteiger partial charge in [0, 0.05) is 18.1 Å². The molecule has 0 unspecified atom stereocenters. The average Bonchev–Trinajstić information content (AvgIpc) is 2.60. The van der Waals surface area contributed by atoms with Gasteiger partial charge in [0.1, 0.15) is 0 Å². The second-order valence-corrected chi connectivity index (χ2v) is 5.25. The lowest BCUT2D eigenvalue weighted by atomic mass is 10.2. The minimum Gasteiger partial charge on any atom is -0.459 e. The molecule has 0 radical (unpaired) electrons. The smallest absolute Gasteiger partial charge is 0.359 e. The van der Waals surface area contributed by atoms with E-state index >= 15 is 0 Å². The first-order valence-electron chi connectivity index (χ1n) is 7.49. The zero-order valence-corrected chi connectivity index (χ0v) is 13.8. The highest BCUT2D eigenvalue weighted by atomic mass is 16.5. The predicted octanol–water partition coefficient (Wildman–Crippen LogP) is 1.84. The third-order valence-corrected chi connectivity index (χ3v) is 2.85. The van der Waals surface area contributed by atoms with Crippen LogP contribution in [-0.4, -0.2) is 40.5 Å². The molecule has 2 rings (SSSR count). The fourth-order valence-electron chi connectivity index (χ4n) is 1.78. The highest BCUT2D eigenvalue weighted by Gasteiger charge is 2.12. The van der Waals surface area contributed by atoms with Crippen LogP contribution in [0.15, 0.2) is 42.9 Å². The van der Waals surface area contributed by atoms with Gasteiger partial charge in [0.2, 0.25) is 0 Å². The van der Waals surface area contributed by atoms with Crippen molar-refractivity contribution in [3.8, 4) is 0 Å². The first-order chi connectivity index (χ1) is 12.0. The van der Waals surface area contributed by atoms with Crippen LogP contribution in [0.4, 0.5) is 5.69 Å². The van der Waals surface area contributed by atoms with E-state index in [9.17, 15) is 14.4 Å². The van der Waals surface area contributed by atoms with Gasteiger partial charge in [0.05, 0.1) is 17.9 Å². The molecule has 0 saturated carbocycles. The zero-order chi connectivity index (χ0) is 18.2. The van der Waals surface area contributed by atoms with Crippen molar-refractivity contribution in [1.29, 1.82) is 0 Å². The Morgan fingerprint density at radius 3 is 2.40 bits per heavy atom. The lowest BCUT2D eigenvalue weighted by Crippen LogP contribution is -2.21. The maximum Gasteiger partial charge on any atom is 0.359 e. The molecule has 1 heterocycles. The molecule has 0 aliphatic carbocycles. The molecule has 0 fully saturated rings. The number of ether oxygens (including phenoxy) is 2. The summed E-state index contributed by atoms with van der Waals surface area (Å²) in [7, 11) is 0. The fraction of sp³-hybridized carbons (Fsp3) is 0.235. The molecule has 2 aromatic rings. The quantitative estimate of drug-likeness (QED) is 0.797. The number of aromatic nitrogens is 2. The molecule has 1 N–H and O–H groups in total. The van der Waals surface area contributed by atoms with E-state index < -0.39 is 24.5 Å². The second-order valence-electron chi connectivity index (χ2n) is 5.25. The van der Waals surface area contributed by atoms with E-state index in [1.807, 2.05) is 0 Å². The van der Waals surface area contributed by atoms with Crippen LogP contribution in [0.25, 0.3) is 0 Å².